The minimum atomic E-state index is -0.909. The summed E-state index contributed by atoms with van der Waals surface area (Å²) in [7, 11) is 0. The van der Waals surface area contributed by atoms with Crippen molar-refractivity contribution in [2.45, 2.75) is 19.3 Å². The number of hydrogen-bond acceptors (Lipinski definition) is 2. The molecule has 20 heavy (non-hydrogen) atoms. The van der Waals surface area contributed by atoms with E-state index in [9.17, 15) is 18.4 Å². The van der Waals surface area contributed by atoms with Crippen LogP contribution in [-0.4, -0.2) is 36.3 Å². The summed E-state index contributed by atoms with van der Waals surface area (Å²) >= 11 is 0. The van der Waals surface area contributed by atoms with Gasteiger partial charge in [-0.2, -0.15) is 0 Å². The molecule has 1 aromatic rings. The van der Waals surface area contributed by atoms with Crippen molar-refractivity contribution in [3.8, 4) is 0 Å². The van der Waals surface area contributed by atoms with Gasteiger partial charge in [0.1, 0.15) is 11.6 Å². The molecule has 0 atom stereocenters. The predicted molar refractivity (Wildman–Crippen MR) is 69.1 cm³/mol. The van der Waals surface area contributed by atoms with Crippen LogP contribution in [0.15, 0.2) is 18.2 Å². The summed E-state index contributed by atoms with van der Waals surface area (Å²) in [4.78, 5) is 25.2. The van der Waals surface area contributed by atoms with E-state index >= 15 is 0 Å². The molecule has 1 heterocycles. The van der Waals surface area contributed by atoms with Crippen molar-refractivity contribution in [3.05, 3.63) is 35.4 Å². The Morgan fingerprint density at radius 2 is 1.90 bits per heavy atom. The maximum absolute atomic E-state index is 13.4. The summed E-state index contributed by atoms with van der Waals surface area (Å²) in [6.07, 6.45) is 2.21. The van der Waals surface area contributed by atoms with Crippen LogP contribution in [0, 0.1) is 11.6 Å². The molecule has 0 bridgehead atoms. The number of hydrogen-bond donors (Lipinski definition) is 1. The van der Waals surface area contributed by atoms with E-state index in [2.05, 4.69) is 5.32 Å². The SMILES string of the molecule is O=C(NCCC(=O)N1CCCC1)c1ccc(F)cc1F. The summed E-state index contributed by atoms with van der Waals surface area (Å²) in [6, 6.07) is 2.76. The highest BCUT2D eigenvalue weighted by molar-refractivity contribution is 5.94. The van der Waals surface area contributed by atoms with Crippen molar-refractivity contribution >= 4 is 11.8 Å². The predicted octanol–water partition coefficient (Wildman–Crippen LogP) is 1.71. The molecule has 2 rings (SSSR count). The molecule has 0 aromatic heterocycles. The van der Waals surface area contributed by atoms with E-state index in [1.807, 2.05) is 0 Å². The molecule has 0 radical (unpaired) electrons. The quantitative estimate of drug-likeness (QED) is 0.914. The Morgan fingerprint density at radius 3 is 2.55 bits per heavy atom. The zero-order valence-corrected chi connectivity index (χ0v) is 11.0. The molecule has 1 aliphatic rings. The van der Waals surface area contributed by atoms with Gasteiger partial charge in [0.25, 0.3) is 5.91 Å². The number of carbonyl (C=O) groups is 2. The molecule has 1 N–H and O–H groups in total. The molecule has 2 amide bonds. The number of amides is 2. The Kier molecular flexibility index (Phi) is 4.65. The number of carbonyl (C=O) groups excluding carboxylic acids is 2. The molecular weight excluding hydrogens is 266 g/mol. The molecule has 1 aliphatic heterocycles. The lowest BCUT2D eigenvalue weighted by Gasteiger charge is -2.15. The van der Waals surface area contributed by atoms with E-state index in [-0.39, 0.29) is 24.4 Å². The van der Waals surface area contributed by atoms with E-state index in [4.69, 9.17) is 0 Å². The first-order chi connectivity index (χ1) is 9.58. The van der Waals surface area contributed by atoms with Crippen LogP contribution in [0.25, 0.3) is 0 Å². The molecule has 6 heteroatoms. The zero-order valence-electron chi connectivity index (χ0n) is 11.0. The lowest BCUT2D eigenvalue weighted by atomic mass is 10.2. The molecule has 108 valence electrons. The number of likely N-dealkylation sites (tertiary alicyclic amines) is 1. The molecule has 0 saturated carbocycles. The van der Waals surface area contributed by atoms with Crippen LogP contribution in [0.3, 0.4) is 0 Å². The average Bonchev–Trinajstić information content (AvgIpc) is 2.92. The largest absolute Gasteiger partial charge is 0.351 e. The van der Waals surface area contributed by atoms with Crippen molar-refractivity contribution in [1.29, 1.82) is 0 Å². The van der Waals surface area contributed by atoms with Gasteiger partial charge < -0.3 is 10.2 Å². The third kappa shape index (κ3) is 3.53. The van der Waals surface area contributed by atoms with Crippen LogP contribution in [0.4, 0.5) is 8.78 Å². The highest BCUT2D eigenvalue weighted by atomic mass is 19.1. The van der Waals surface area contributed by atoms with Gasteiger partial charge in [-0.05, 0) is 25.0 Å². The second kappa shape index (κ2) is 6.45. The van der Waals surface area contributed by atoms with Gasteiger partial charge in [-0.1, -0.05) is 0 Å². The monoisotopic (exact) mass is 282 g/mol. The lowest BCUT2D eigenvalue weighted by Crippen LogP contribution is -2.33. The third-order valence-corrected chi connectivity index (χ3v) is 3.26. The third-order valence-electron chi connectivity index (χ3n) is 3.26. The second-order valence-electron chi connectivity index (χ2n) is 4.72. The van der Waals surface area contributed by atoms with Crippen LogP contribution in [0.5, 0.6) is 0 Å². The first-order valence-corrected chi connectivity index (χ1v) is 6.59. The van der Waals surface area contributed by atoms with E-state index in [0.29, 0.717) is 6.07 Å². The van der Waals surface area contributed by atoms with Crippen molar-refractivity contribution in [2.75, 3.05) is 19.6 Å². The van der Waals surface area contributed by atoms with Gasteiger partial charge in [0.2, 0.25) is 5.91 Å². The smallest absolute Gasteiger partial charge is 0.254 e. The number of benzene rings is 1. The topological polar surface area (TPSA) is 49.4 Å². The Labute approximate surface area is 115 Å². The summed E-state index contributed by atoms with van der Waals surface area (Å²) in [5.41, 5.74) is -0.222. The van der Waals surface area contributed by atoms with Crippen LogP contribution < -0.4 is 5.32 Å². The van der Waals surface area contributed by atoms with Gasteiger partial charge in [0, 0.05) is 32.1 Å². The Bertz CT molecular complexity index is 514. The molecule has 0 aliphatic carbocycles. The van der Waals surface area contributed by atoms with Gasteiger partial charge in [-0.3, -0.25) is 9.59 Å². The molecule has 4 nitrogen and oxygen atoms in total. The minimum Gasteiger partial charge on any atom is -0.351 e. The van der Waals surface area contributed by atoms with Crippen molar-refractivity contribution in [2.24, 2.45) is 0 Å². The number of rotatable bonds is 4. The first kappa shape index (κ1) is 14.4. The van der Waals surface area contributed by atoms with E-state index in [1.165, 1.54) is 0 Å². The van der Waals surface area contributed by atoms with Crippen molar-refractivity contribution in [3.63, 3.8) is 0 Å². The molecule has 1 aromatic carbocycles. The van der Waals surface area contributed by atoms with Gasteiger partial charge >= 0.3 is 0 Å². The Hall–Kier alpha value is -1.98. The van der Waals surface area contributed by atoms with Crippen LogP contribution in [0.1, 0.15) is 29.6 Å². The van der Waals surface area contributed by atoms with Crippen LogP contribution in [-0.2, 0) is 4.79 Å². The fourth-order valence-corrected chi connectivity index (χ4v) is 2.18. The van der Waals surface area contributed by atoms with E-state index in [0.717, 1.165) is 38.1 Å². The molecular formula is C14H16F2N2O2. The summed E-state index contributed by atoms with van der Waals surface area (Å²) in [5, 5.41) is 2.46. The first-order valence-electron chi connectivity index (χ1n) is 6.59. The van der Waals surface area contributed by atoms with Crippen molar-refractivity contribution in [1.82, 2.24) is 10.2 Å². The molecule has 0 spiro atoms. The van der Waals surface area contributed by atoms with Gasteiger partial charge in [-0.25, -0.2) is 8.78 Å². The normalized spacial score (nSPS) is 14.4. The summed E-state index contributed by atoms with van der Waals surface area (Å²) < 4.78 is 26.1. The highest BCUT2D eigenvalue weighted by Gasteiger charge is 2.18. The molecule has 1 saturated heterocycles. The Morgan fingerprint density at radius 1 is 1.20 bits per heavy atom. The number of nitrogens with one attached hydrogen (secondary N) is 1. The Balaban J connectivity index is 1.81. The maximum Gasteiger partial charge on any atom is 0.254 e. The maximum atomic E-state index is 13.4. The summed E-state index contributed by atoms with van der Waals surface area (Å²) in [6.45, 7) is 1.67. The standard InChI is InChI=1S/C14H16F2N2O2/c15-10-3-4-11(12(16)9-10)14(20)17-6-5-13(19)18-7-1-2-8-18/h3-4,9H,1-2,5-8H2,(H,17,20). The second-order valence-corrected chi connectivity index (χ2v) is 4.72. The zero-order chi connectivity index (χ0) is 14.5. The van der Waals surface area contributed by atoms with Gasteiger partial charge in [-0.15, -0.1) is 0 Å². The molecule has 1 fully saturated rings. The van der Waals surface area contributed by atoms with Crippen molar-refractivity contribution < 1.29 is 18.4 Å². The lowest BCUT2D eigenvalue weighted by molar-refractivity contribution is -0.129. The summed E-state index contributed by atoms with van der Waals surface area (Å²) in [5.74, 6) is -2.30. The fraction of sp³-hybridized carbons (Fsp3) is 0.429. The number of nitrogens with zero attached hydrogens (tertiary/aromatic N) is 1. The van der Waals surface area contributed by atoms with Gasteiger partial charge in [0.15, 0.2) is 0 Å². The minimum absolute atomic E-state index is 0.0117. The van der Waals surface area contributed by atoms with E-state index in [1.54, 1.807) is 4.90 Å². The van der Waals surface area contributed by atoms with Gasteiger partial charge in [0.05, 0.1) is 5.56 Å². The van der Waals surface area contributed by atoms with E-state index < -0.39 is 17.5 Å². The molecule has 0 unspecified atom stereocenters. The fourth-order valence-electron chi connectivity index (χ4n) is 2.18. The average molecular weight is 282 g/mol. The van der Waals surface area contributed by atoms with Crippen LogP contribution in [0.2, 0.25) is 0 Å². The highest BCUT2D eigenvalue weighted by Crippen LogP contribution is 2.10. The van der Waals surface area contributed by atoms with Crippen LogP contribution >= 0.6 is 0 Å². The number of halogens is 2.